The molecule has 26 heavy (non-hydrogen) atoms. The van der Waals surface area contributed by atoms with Gasteiger partial charge >= 0.3 is 0 Å². The van der Waals surface area contributed by atoms with E-state index in [9.17, 15) is 9.59 Å². The van der Waals surface area contributed by atoms with Crippen molar-refractivity contribution in [1.82, 2.24) is 25.2 Å². The molecular weight excluding hydrogens is 354 g/mol. The molecule has 0 radical (unpaired) electrons. The van der Waals surface area contributed by atoms with Crippen molar-refractivity contribution >= 4 is 23.4 Å². The summed E-state index contributed by atoms with van der Waals surface area (Å²) >= 11 is 5.79. The van der Waals surface area contributed by atoms with Crippen molar-refractivity contribution in [3.8, 4) is 5.82 Å². The lowest BCUT2D eigenvalue weighted by Gasteiger charge is -2.08. The summed E-state index contributed by atoms with van der Waals surface area (Å²) in [5.41, 5.74) is 0.956. The van der Waals surface area contributed by atoms with Crippen molar-refractivity contribution in [2.45, 2.75) is 0 Å². The first-order chi connectivity index (χ1) is 12.6. The van der Waals surface area contributed by atoms with Crippen molar-refractivity contribution in [2.24, 2.45) is 0 Å². The Kier molecular flexibility index (Phi) is 5.60. The molecule has 0 aliphatic rings. The Morgan fingerprint density at radius 2 is 1.62 bits per heavy atom. The van der Waals surface area contributed by atoms with E-state index < -0.39 is 0 Å². The predicted molar refractivity (Wildman–Crippen MR) is 97.5 cm³/mol. The third kappa shape index (κ3) is 4.46. The predicted octanol–water partition coefficient (Wildman–Crippen LogP) is 2.08. The van der Waals surface area contributed by atoms with E-state index in [-0.39, 0.29) is 11.8 Å². The van der Waals surface area contributed by atoms with E-state index in [1.165, 1.54) is 6.20 Å². The van der Waals surface area contributed by atoms with Crippen molar-refractivity contribution < 1.29 is 9.59 Å². The van der Waals surface area contributed by atoms with Crippen LogP contribution in [0.3, 0.4) is 0 Å². The van der Waals surface area contributed by atoms with Crippen LogP contribution in [-0.4, -0.2) is 39.4 Å². The van der Waals surface area contributed by atoms with Crippen LogP contribution < -0.4 is 10.6 Å². The minimum Gasteiger partial charge on any atom is -0.350 e. The maximum atomic E-state index is 12.1. The Balaban J connectivity index is 1.45. The fourth-order valence-corrected chi connectivity index (χ4v) is 2.35. The van der Waals surface area contributed by atoms with Gasteiger partial charge in [0, 0.05) is 42.3 Å². The van der Waals surface area contributed by atoms with E-state index in [0.29, 0.717) is 35.1 Å². The first kappa shape index (κ1) is 17.6. The van der Waals surface area contributed by atoms with Crippen LogP contribution in [0.4, 0.5) is 0 Å². The largest absolute Gasteiger partial charge is 0.350 e. The minimum atomic E-state index is -0.254. The van der Waals surface area contributed by atoms with Crippen molar-refractivity contribution in [3.05, 3.63) is 77.5 Å². The molecule has 1 aromatic carbocycles. The van der Waals surface area contributed by atoms with Crippen LogP contribution in [0.5, 0.6) is 0 Å². The lowest BCUT2D eigenvalue weighted by Crippen LogP contribution is -2.34. The molecular formula is C18H16ClN5O2. The number of rotatable bonds is 6. The van der Waals surface area contributed by atoms with Gasteiger partial charge in [-0.15, -0.1) is 0 Å². The third-order valence-corrected chi connectivity index (χ3v) is 3.83. The highest BCUT2D eigenvalue weighted by atomic mass is 35.5. The van der Waals surface area contributed by atoms with Gasteiger partial charge in [-0.25, -0.2) is 9.97 Å². The van der Waals surface area contributed by atoms with E-state index >= 15 is 0 Å². The van der Waals surface area contributed by atoms with Crippen LogP contribution >= 0.6 is 11.6 Å². The number of nitrogens with one attached hydrogen (secondary N) is 2. The molecule has 0 saturated carbocycles. The lowest BCUT2D eigenvalue weighted by molar-refractivity contribution is 0.0927. The summed E-state index contributed by atoms with van der Waals surface area (Å²) in [5.74, 6) is 0.201. The molecule has 132 valence electrons. The Hall–Kier alpha value is -3.19. The van der Waals surface area contributed by atoms with Crippen molar-refractivity contribution in [3.63, 3.8) is 0 Å². The highest BCUT2D eigenvalue weighted by Crippen LogP contribution is 2.09. The molecule has 3 rings (SSSR count). The van der Waals surface area contributed by atoms with Gasteiger partial charge in [0.05, 0.1) is 5.56 Å². The Bertz CT molecular complexity index is 877. The second kappa shape index (κ2) is 8.26. The van der Waals surface area contributed by atoms with Gasteiger partial charge in [0.1, 0.15) is 12.1 Å². The average molecular weight is 370 g/mol. The van der Waals surface area contributed by atoms with Crippen molar-refractivity contribution in [1.29, 1.82) is 0 Å². The molecule has 2 heterocycles. The number of hydrogen-bond donors (Lipinski definition) is 2. The van der Waals surface area contributed by atoms with Crippen LogP contribution in [0.15, 0.2) is 61.3 Å². The van der Waals surface area contributed by atoms with Crippen LogP contribution in [0, 0.1) is 0 Å². The summed E-state index contributed by atoms with van der Waals surface area (Å²) in [7, 11) is 0. The molecule has 0 spiro atoms. The number of hydrogen-bond acceptors (Lipinski definition) is 4. The standard InChI is InChI=1S/C18H16ClN5O2/c19-15-4-1-13(2-5-15)17(25)21-7-8-22-18(26)14-3-6-16(23-11-14)24-10-9-20-12-24/h1-6,9-12H,7-8H2,(H,21,25)(H,22,26). The second-order valence-corrected chi connectivity index (χ2v) is 5.83. The molecule has 0 aliphatic heterocycles. The zero-order chi connectivity index (χ0) is 18.4. The van der Waals surface area contributed by atoms with Gasteiger partial charge in [0.25, 0.3) is 11.8 Å². The molecule has 2 amide bonds. The maximum absolute atomic E-state index is 12.1. The highest BCUT2D eigenvalue weighted by Gasteiger charge is 2.08. The molecule has 0 saturated heterocycles. The van der Waals surface area contributed by atoms with Gasteiger partial charge < -0.3 is 10.6 Å². The first-order valence-electron chi connectivity index (χ1n) is 7.90. The van der Waals surface area contributed by atoms with E-state index in [2.05, 4.69) is 20.6 Å². The number of carbonyl (C=O) groups excluding carboxylic acids is 2. The molecule has 7 nitrogen and oxygen atoms in total. The van der Waals surface area contributed by atoms with E-state index in [1.807, 2.05) is 0 Å². The summed E-state index contributed by atoms with van der Waals surface area (Å²) in [6, 6.07) is 10.0. The van der Waals surface area contributed by atoms with E-state index in [0.717, 1.165) is 0 Å². The molecule has 0 atom stereocenters. The second-order valence-electron chi connectivity index (χ2n) is 5.39. The number of benzene rings is 1. The Labute approximate surface area is 155 Å². The molecule has 3 aromatic rings. The number of amides is 2. The average Bonchev–Trinajstić information content (AvgIpc) is 3.20. The van der Waals surface area contributed by atoms with E-state index in [1.54, 1.807) is 59.7 Å². The zero-order valence-corrected chi connectivity index (χ0v) is 14.5. The monoisotopic (exact) mass is 369 g/mol. The summed E-state index contributed by atoms with van der Waals surface area (Å²) in [6.07, 6.45) is 6.55. The number of imidazole rings is 1. The van der Waals surface area contributed by atoms with E-state index in [4.69, 9.17) is 11.6 Å². The van der Waals surface area contributed by atoms with Crippen LogP contribution in [0.1, 0.15) is 20.7 Å². The number of nitrogens with zero attached hydrogens (tertiary/aromatic N) is 3. The molecule has 2 aromatic heterocycles. The summed E-state index contributed by atoms with van der Waals surface area (Å²) in [6.45, 7) is 0.620. The Morgan fingerprint density at radius 1 is 0.962 bits per heavy atom. The summed E-state index contributed by atoms with van der Waals surface area (Å²) in [4.78, 5) is 32.2. The van der Waals surface area contributed by atoms with Crippen LogP contribution in [0.25, 0.3) is 5.82 Å². The van der Waals surface area contributed by atoms with Gasteiger partial charge in [-0.1, -0.05) is 11.6 Å². The molecule has 0 fully saturated rings. The first-order valence-corrected chi connectivity index (χ1v) is 8.27. The smallest absolute Gasteiger partial charge is 0.252 e. The Morgan fingerprint density at radius 3 is 2.19 bits per heavy atom. The molecule has 0 aliphatic carbocycles. The number of aromatic nitrogens is 3. The molecule has 0 bridgehead atoms. The zero-order valence-electron chi connectivity index (χ0n) is 13.7. The number of pyridine rings is 1. The van der Waals surface area contributed by atoms with Gasteiger partial charge in [0.2, 0.25) is 0 Å². The lowest BCUT2D eigenvalue weighted by atomic mass is 10.2. The van der Waals surface area contributed by atoms with Crippen LogP contribution in [-0.2, 0) is 0 Å². The maximum Gasteiger partial charge on any atom is 0.252 e. The van der Waals surface area contributed by atoms with Crippen LogP contribution in [0.2, 0.25) is 5.02 Å². The summed E-state index contributed by atoms with van der Waals surface area (Å²) < 4.78 is 1.74. The fraction of sp³-hybridized carbons (Fsp3) is 0.111. The summed E-state index contributed by atoms with van der Waals surface area (Å²) in [5, 5.41) is 6.04. The van der Waals surface area contributed by atoms with Gasteiger partial charge in [0.15, 0.2) is 0 Å². The fourth-order valence-electron chi connectivity index (χ4n) is 2.23. The third-order valence-electron chi connectivity index (χ3n) is 3.58. The highest BCUT2D eigenvalue weighted by molar-refractivity contribution is 6.30. The van der Waals surface area contributed by atoms with Crippen molar-refractivity contribution in [2.75, 3.05) is 13.1 Å². The van der Waals surface area contributed by atoms with Gasteiger partial charge in [-0.2, -0.15) is 0 Å². The quantitative estimate of drug-likeness (QED) is 0.651. The SMILES string of the molecule is O=C(NCCNC(=O)c1ccc(-n2ccnc2)nc1)c1ccc(Cl)cc1. The minimum absolute atomic E-state index is 0.220. The topological polar surface area (TPSA) is 88.9 Å². The number of carbonyl (C=O) groups is 2. The molecule has 8 heteroatoms. The normalized spacial score (nSPS) is 10.3. The molecule has 0 unspecified atom stereocenters. The van der Waals surface area contributed by atoms with Gasteiger partial charge in [-0.05, 0) is 36.4 Å². The molecule has 2 N–H and O–H groups in total. The van der Waals surface area contributed by atoms with Gasteiger partial charge in [-0.3, -0.25) is 14.2 Å². The number of halogens is 1.